The summed E-state index contributed by atoms with van der Waals surface area (Å²) in [5.41, 5.74) is 0. The quantitative estimate of drug-likeness (QED) is 0.557. The molecule has 0 spiro atoms. The van der Waals surface area contributed by atoms with Gasteiger partial charge in [-0.25, -0.2) is 0 Å². The predicted octanol–water partition coefficient (Wildman–Crippen LogP) is 1.43. The number of hydrogen-bond acceptors (Lipinski definition) is 3. The average Bonchev–Trinajstić information content (AvgIpc) is 2.14. The third-order valence-corrected chi connectivity index (χ3v) is 1.73. The average molecular weight is 189 g/mol. The molecular formula is C10H23NO2. The molecule has 3 heteroatoms. The molecule has 1 atom stereocenters. The maximum atomic E-state index is 5.28. The summed E-state index contributed by atoms with van der Waals surface area (Å²) in [6.07, 6.45) is 1.07. The highest BCUT2D eigenvalue weighted by molar-refractivity contribution is 4.58. The van der Waals surface area contributed by atoms with Crippen molar-refractivity contribution >= 4 is 0 Å². The van der Waals surface area contributed by atoms with Crippen molar-refractivity contribution in [1.82, 2.24) is 5.32 Å². The van der Waals surface area contributed by atoms with Crippen molar-refractivity contribution < 1.29 is 9.47 Å². The number of hydrogen-bond donors (Lipinski definition) is 1. The third-order valence-electron chi connectivity index (χ3n) is 1.73. The summed E-state index contributed by atoms with van der Waals surface area (Å²) in [5, 5.41) is 3.37. The van der Waals surface area contributed by atoms with E-state index in [-0.39, 0.29) is 0 Å². The highest BCUT2D eigenvalue weighted by Crippen LogP contribution is 1.86. The molecule has 0 radical (unpaired) electrons. The summed E-state index contributed by atoms with van der Waals surface area (Å²) in [6, 6.07) is 0.446. The fourth-order valence-electron chi connectivity index (χ4n) is 1.02. The first-order chi connectivity index (χ1) is 6.31. The Morgan fingerprint density at radius 3 is 2.46 bits per heavy atom. The summed E-state index contributed by atoms with van der Waals surface area (Å²) >= 11 is 0. The van der Waals surface area contributed by atoms with Gasteiger partial charge in [-0.05, 0) is 33.7 Å². The summed E-state index contributed by atoms with van der Waals surface area (Å²) in [4.78, 5) is 0. The van der Waals surface area contributed by atoms with Crippen LogP contribution in [0.5, 0.6) is 0 Å². The van der Waals surface area contributed by atoms with Crippen molar-refractivity contribution in [2.45, 2.75) is 33.2 Å². The van der Waals surface area contributed by atoms with Crippen LogP contribution < -0.4 is 5.32 Å². The molecule has 0 fully saturated rings. The van der Waals surface area contributed by atoms with Crippen molar-refractivity contribution in [3.05, 3.63) is 0 Å². The van der Waals surface area contributed by atoms with Crippen LogP contribution in [0.25, 0.3) is 0 Å². The van der Waals surface area contributed by atoms with Crippen molar-refractivity contribution in [1.29, 1.82) is 0 Å². The topological polar surface area (TPSA) is 30.5 Å². The van der Waals surface area contributed by atoms with Gasteiger partial charge in [0.15, 0.2) is 0 Å². The number of nitrogens with one attached hydrogen (secondary N) is 1. The van der Waals surface area contributed by atoms with Gasteiger partial charge in [0.25, 0.3) is 0 Å². The summed E-state index contributed by atoms with van der Waals surface area (Å²) < 4.78 is 10.5. The molecule has 0 aromatic carbocycles. The van der Waals surface area contributed by atoms with Crippen molar-refractivity contribution in [2.24, 2.45) is 0 Å². The molecule has 13 heavy (non-hydrogen) atoms. The Hall–Kier alpha value is -0.120. The second-order valence-corrected chi connectivity index (χ2v) is 3.07. The van der Waals surface area contributed by atoms with E-state index in [2.05, 4.69) is 12.2 Å². The van der Waals surface area contributed by atoms with Crippen LogP contribution in [0.3, 0.4) is 0 Å². The first-order valence-electron chi connectivity index (χ1n) is 5.20. The minimum Gasteiger partial charge on any atom is -0.382 e. The molecule has 80 valence electrons. The standard InChI is InChI=1S/C10H23NO2/c1-4-12-8-6-7-11-10(3)9-13-5-2/h10-11H,4-9H2,1-3H3. The Morgan fingerprint density at radius 2 is 1.85 bits per heavy atom. The highest BCUT2D eigenvalue weighted by Gasteiger charge is 1.98. The van der Waals surface area contributed by atoms with Crippen LogP contribution >= 0.6 is 0 Å². The molecule has 0 saturated carbocycles. The lowest BCUT2D eigenvalue weighted by molar-refractivity contribution is 0.122. The molecule has 1 unspecified atom stereocenters. The lowest BCUT2D eigenvalue weighted by atomic mass is 10.3. The Balaban J connectivity index is 3.03. The molecule has 1 N–H and O–H groups in total. The highest BCUT2D eigenvalue weighted by atomic mass is 16.5. The lowest BCUT2D eigenvalue weighted by Crippen LogP contribution is -2.31. The Bertz CT molecular complexity index is 98.9. The zero-order valence-corrected chi connectivity index (χ0v) is 9.14. The van der Waals surface area contributed by atoms with Gasteiger partial charge in [-0.2, -0.15) is 0 Å². The van der Waals surface area contributed by atoms with Gasteiger partial charge >= 0.3 is 0 Å². The van der Waals surface area contributed by atoms with Crippen LogP contribution in [0.4, 0.5) is 0 Å². The van der Waals surface area contributed by atoms with Gasteiger partial charge in [-0.3, -0.25) is 0 Å². The van der Waals surface area contributed by atoms with E-state index in [1.165, 1.54) is 0 Å². The fraction of sp³-hybridized carbons (Fsp3) is 1.00. The molecule has 0 aliphatic rings. The van der Waals surface area contributed by atoms with E-state index in [4.69, 9.17) is 9.47 Å². The first kappa shape index (κ1) is 12.9. The van der Waals surface area contributed by atoms with Gasteiger partial charge in [0.1, 0.15) is 0 Å². The van der Waals surface area contributed by atoms with E-state index in [0.717, 1.165) is 39.4 Å². The molecule has 0 amide bonds. The van der Waals surface area contributed by atoms with Gasteiger partial charge in [0.05, 0.1) is 6.61 Å². The maximum absolute atomic E-state index is 5.28. The molecule has 0 aliphatic heterocycles. The van der Waals surface area contributed by atoms with Crippen LogP contribution in [-0.2, 0) is 9.47 Å². The SMILES string of the molecule is CCOCCCNC(C)COCC. The minimum atomic E-state index is 0.446. The van der Waals surface area contributed by atoms with E-state index in [9.17, 15) is 0 Å². The second-order valence-electron chi connectivity index (χ2n) is 3.07. The van der Waals surface area contributed by atoms with E-state index in [1.807, 2.05) is 13.8 Å². The Labute approximate surface area is 81.8 Å². The largest absolute Gasteiger partial charge is 0.382 e. The second kappa shape index (κ2) is 9.96. The minimum absolute atomic E-state index is 0.446. The van der Waals surface area contributed by atoms with Crippen LogP contribution in [0, 0.1) is 0 Å². The molecule has 3 nitrogen and oxygen atoms in total. The smallest absolute Gasteiger partial charge is 0.0616 e. The van der Waals surface area contributed by atoms with E-state index in [0.29, 0.717) is 6.04 Å². The molecule has 0 aromatic heterocycles. The summed E-state index contributed by atoms with van der Waals surface area (Å²) in [7, 11) is 0. The Morgan fingerprint density at radius 1 is 1.15 bits per heavy atom. The summed E-state index contributed by atoms with van der Waals surface area (Å²) in [6.45, 7) is 10.4. The van der Waals surface area contributed by atoms with Crippen LogP contribution in [0.15, 0.2) is 0 Å². The molecule has 0 aliphatic carbocycles. The van der Waals surface area contributed by atoms with Gasteiger partial charge in [0.2, 0.25) is 0 Å². The molecule has 0 rings (SSSR count). The molecule has 0 bridgehead atoms. The lowest BCUT2D eigenvalue weighted by Gasteiger charge is -2.13. The van der Waals surface area contributed by atoms with E-state index in [1.54, 1.807) is 0 Å². The molecule has 0 heterocycles. The Kier molecular flexibility index (Phi) is 9.87. The van der Waals surface area contributed by atoms with Crippen LogP contribution in [-0.4, -0.2) is 39.0 Å². The normalized spacial score (nSPS) is 13.2. The maximum Gasteiger partial charge on any atom is 0.0616 e. The number of rotatable bonds is 9. The number of ether oxygens (including phenoxy) is 2. The third kappa shape index (κ3) is 9.80. The molecule has 0 saturated heterocycles. The van der Waals surface area contributed by atoms with Gasteiger partial charge in [0, 0.05) is 25.9 Å². The molecular weight excluding hydrogens is 166 g/mol. The zero-order chi connectivity index (χ0) is 9.94. The first-order valence-corrected chi connectivity index (χ1v) is 5.20. The summed E-state index contributed by atoms with van der Waals surface area (Å²) in [5.74, 6) is 0. The van der Waals surface area contributed by atoms with Gasteiger partial charge < -0.3 is 14.8 Å². The zero-order valence-electron chi connectivity index (χ0n) is 9.14. The monoisotopic (exact) mass is 189 g/mol. The van der Waals surface area contributed by atoms with Crippen LogP contribution in [0.2, 0.25) is 0 Å². The fourth-order valence-corrected chi connectivity index (χ4v) is 1.02. The van der Waals surface area contributed by atoms with Gasteiger partial charge in [-0.15, -0.1) is 0 Å². The van der Waals surface area contributed by atoms with Crippen molar-refractivity contribution in [3.8, 4) is 0 Å². The van der Waals surface area contributed by atoms with Crippen molar-refractivity contribution in [2.75, 3.05) is 33.0 Å². The van der Waals surface area contributed by atoms with Gasteiger partial charge in [-0.1, -0.05) is 0 Å². The van der Waals surface area contributed by atoms with Crippen molar-refractivity contribution in [3.63, 3.8) is 0 Å². The van der Waals surface area contributed by atoms with Crippen LogP contribution in [0.1, 0.15) is 27.2 Å². The van der Waals surface area contributed by atoms with E-state index < -0.39 is 0 Å². The molecule has 0 aromatic rings. The van der Waals surface area contributed by atoms with E-state index >= 15 is 0 Å². The predicted molar refractivity (Wildman–Crippen MR) is 55.1 cm³/mol.